The van der Waals surface area contributed by atoms with Gasteiger partial charge in [-0.1, -0.05) is 26.8 Å². The van der Waals surface area contributed by atoms with Gasteiger partial charge in [-0.15, -0.1) is 11.3 Å². The number of thiophene rings is 1. The molecule has 1 unspecified atom stereocenters. The van der Waals surface area contributed by atoms with Gasteiger partial charge in [0.15, 0.2) is 0 Å². The predicted molar refractivity (Wildman–Crippen MR) is 73.1 cm³/mol. The fraction of sp³-hybridized carbons (Fsp3) is 0.692. The molecule has 16 heavy (non-hydrogen) atoms. The van der Waals surface area contributed by atoms with Gasteiger partial charge in [-0.2, -0.15) is 0 Å². The van der Waals surface area contributed by atoms with Crippen molar-refractivity contribution in [3.8, 4) is 0 Å². The molecule has 1 atom stereocenters. The fourth-order valence-corrected chi connectivity index (χ4v) is 2.68. The van der Waals surface area contributed by atoms with E-state index in [9.17, 15) is 0 Å². The molecule has 1 N–H and O–H groups in total. The highest BCUT2D eigenvalue weighted by Gasteiger charge is 2.15. The third kappa shape index (κ3) is 4.24. The highest BCUT2D eigenvalue weighted by atomic mass is 32.1. The Kier molecular flexibility index (Phi) is 6.03. The first-order chi connectivity index (χ1) is 7.65. The molecule has 0 saturated heterocycles. The quantitative estimate of drug-likeness (QED) is 0.788. The summed E-state index contributed by atoms with van der Waals surface area (Å²) in [7, 11) is 2.16. The van der Waals surface area contributed by atoms with Crippen LogP contribution >= 0.6 is 11.3 Å². The van der Waals surface area contributed by atoms with E-state index in [2.05, 4.69) is 55.5 Å². The Morgan fingerprint density at radius 2 is 2.19 bits per heavy atom. The van der Waals surface area contributed by atoms with Gasteiger partial charge >= 0.3 is 0 Å². The van der Waals surface area contributed by atoms with Crippen molar-refractivity contribution in [2.45, 2.75) is 26.8 Å². The molecule has 0 fully saturated rings. The Morgan fingerprint density at radius 3 is 2.69 bits per heavy atom. The molecular formula is C13H24N2S. The summed E-state index contributed by atoms with van der Waals surface area (Å²) in [6.07, 6.45) is 0. The third-order valence-electron chi connectivity index (χ3n) is 2.91. The first-order valence-electron chi connectivity index (χ1n) is 6.10. The maximum absolute atomic E-state index is 3.66. The van der Waals surface area contributed by atoms with E-state index in [1.165, 1.54) is 4.88 Å². The molecular weight excluding hydrogens is 216 g/mol. The van der Waals surface area contributed by atoms with Crippen molar-refractivity contribution in [2.24, 2.45) is 5.92 Å². The topological polar surface area (TPSA) is 15.3 Å². The Hall–Kier alpha value is -0.380. The number of nitrogens with zero attached hydrogens (tertiary/aromatic N) is 1. The van der Waals surface area contributed by atoms with Crippen LogP contribution in [0.4, 0.5) is 0 Å². The first-order valence-corrected chi connectivity index (χ1v) is 6.98. The van der Waals surface area contributed by atoms with Gasteiger partial charge in [0.05, 0.1) is 0 Å². The number of likely N-dealkylation sites (N-methyl/N-ethyl adjacent to an activating group) is 1. The summed E-state index contributed by atoms with van der Waals surface area (Å²) in [6, 6.07) is 4.87. The van der Waals surface area contributed by atoms with E-state index < -0.39 is 0 Å². The molecule has 0 aliphatic rings. The lowest BCUT2D eigenvalue weighted by Crippen LogP contribution is -2.33. The minimum atomic E-state index is 0.505. The van der Waals surface area contributed by atoms with Crippen LogP contribution in [0.15, 0.2) is 17.5 Å². The smallest absolute Gasteiger partial charge is 0.0438 e. The molecule has 1 aromatic rings. The summed E-state index contributed by atoms with van der Waals surface area (Å²) < 4.78 is 0. The van der Waals surface area contributed by atoms with Crippen LogP contribution in [0.2, 0.25) is 0 Å². The van der Waals surface area contributed by atoms with Crippen molar-refractivity contribution in [1.29, 1.82) is 0 Å². The van der Waals surface area contributed by atoms with Gasteiger partial charge in [0, 0.05) is 24.0 Å². The number of hydrogen-bond donors (Lipinski definition) is 1. The lowest BCUT2D eigenvalue weighted by atomic mass is 10.0. The lowest BCUT2D eigenvalue weighted by molar-refractivity contribution is 0.325. The number of nitrogens with one attached hydrogen (secondary N) is 1. The molecule has 92 valence electrons. The molecule has 0 aliphatic heterocycles. The maximum Gasteiger partial charge on any atom is 0.0438 e. The summed E-state index contributed by atoms with van der Waals surface area (Å²) in [4.78, 5) is 3.79. The van der Waals surface area contributed by atoms with E-state index in [0.29, 0.717) is 12.0 Å². The predicted octanol–water partition coefficient (Wildman–Crippen LogP) is 2.99. The molecule has 0 saturated carbocycles. The molecule has 0 aliphatic carbocycles. The molecule has 1 heterocycles. The summed E-state index contributed by atoms with van der Waals surface area (Å²) in [5.74, 6) is 0.644. The Bertz CT molecular complexity index is 269. The molecule has 1 aromatic heterocycles. The Morgan fingerprint density at radius 1 is 1.44 bits per heavy atom. The summed E-state index contributed by atoms with van der Waals surface area (Å²) >= 11 is 1.85. The minimum absolute atomic E-state index is 0.505. The standard InChI is InChI=1S/C13H24N2S/c1-5-15(4)9-8-14-13(11(2)3)12-7-6-10-16-12/h6-7,10-11,13-14H,5,8-9H2,1-4H3. The van der Waals surface area contributed by atoms with Crippen LogP contribution in [-0.4, -0.2) is 31.6 Å². The second kappa shape index (κ2) is 7.05. The van der Waals surface area contributed by atoms with E-state index in [4.69, 9.17) is 0 Å². The molecule has 0 bridgehead atoms. The Balaban J connectivity index is 2.41. The van der Waals surface area contributed by atoms with Crippen molar-refractivity contribution >= 4 is 11.3 Å². The number of rotatable bonds is 7. The second-order valence-electron chi connectivity index (χ2n) is 4.59. The van der Waals surface area contributed by atoms with E-state index in [1.54, 1.807) is 0 Å². The SMILES string of the molecule is CCN(C)CCNC(c1cccs1)C(C)C. The van der Waals surface area contributed by atoms with Gasteiger partial charge in [0.25, 0.3) is 0 Å². The van der Waals surface area contributed by atoms with E-state index >= 15 is 0 Å². The largest absolute Gasteiger partial charge is 0.308 e. The van der Waals surface area contributed by atoms with Crippen LogP contribution in [0, 0.1) is 5.92 Å². The van der Waals surface area contributed by atoms with Crippen molar-refractivity contribution in [2.75, 3.05) is 26.7 Å². The highest BCUT2D eigenvalue weighted by molar-refractivity contribution is 7.10. The molecule has 3 heteroatoms. The summed E-state index contributed by atoms with van der Waals surface area (Å²) in [6.45, 7) is 10.0. The first kappa shape index (κ1) is 13.7. The van der Waals surface area contributed by atoms with Crippen LogP contribution < -0.4 is 5.32 Å². The van der Waals surface area contributed by atoms with Crippen LogP contribution in [0.1, 0.15) is 31.7 Å². The van der Waals surface area contributed by atoms with Crippen molar-refractivity contribution in [1.82, 2.24) is 10.2 Å². The molecule has 0 radical (unpaired) electrons. The fourth-order valence-electron chi connectivity index (χ4n) is 1.70. The number of hydrogen-bond acceptors (Lipinski definition) is 3. The van der Waals surface area contributed by atoms with Crippen molar-refractivity contribution in [3.05, 3.63) is 22.4 Å². The zero-order valence-electron chi connectivity index (χ0n) is 10.9. The van der Waals surface area contributed by atoms with Gasteiger partial charge in [-0.05, 0) is 31.0 Å². The lowest BCUT2D eigenvalue weighted by Gasteiger charge is -2.23. The summed E-state index contributed by atoms with van der Waals surface area (Å²) in [5.41, 5.74) is 0. The summed E-state index contributed by atoms with van der Waals surface area (Å²) in [5, 5.41) is 5.81. The highest BCUT2D eigenvalue weighted by Crippen LogP contribution is 2.25. The van der Waals surface area contributed by atoms with E-state index in [1.807, 2.05) is 11.3 Å². The monoisotopic (exact) mass is 240 g/mol. The third-order valence-corrected chi connectivity index (χ3v) is 3.87. The van der Waals surface area contributed by atoms with Gasteiger partial charge in [0.1, 0.15) is 0 Å². The normalized spacial score (nSPS) is 13.6. The van der Waals surface area contributed by atoms with Gasteiger partial charge in [-0.3, -0.25) is 0 Å². The molecule has 1 rings (SSSR count). The van der Waals surface area contributed by atoms with Gasteiger partial charge in [-0.25, -0.2) is 0 Å². The van der Waals surface area contributed by atoms with Gasteiger partial charge in [0.2, 0.25) is 0 Å². The van der Waals surface area contributed by atoms with E-state index in [-0.39, 0.29) is 0 Å². The van der Waals surface area contributed by atoms with Crippen LogP contribution in [0.5, 0.6) is 0 Å². The second-order valence-corrected chi connectivity index (χ2v) is 5.57. The average molecular weight is 240 g/mol. The maximum atomic E-state index is 3.66. The van der Waals surface area contributed by atoms with Crippen molar-refractivity contribution < 1.29 is 0 Å². The van der Waals surface area contributed by atoms with E-state index in [0.717, 1.165) is 19.6 Å². The van der Waals surface area contributed by atoms with Crippen molar-refractivity contribution in [3.63, 3.8) is 0 Å². The van der Waals surface area contributed by atoms with Gasteiger partial charge < -0.3 is 10.2 Å². The molecule has 0 aromatic carbocycles. The minimum Gasteiger partial charge on any atom is -0.308 e. The molecule has 2 nitrogen and oxygen atoms in total. The zero-order chi connectivity index (χ0) is 12.0. The van der Waals surface area contributed by atoms with Crippen LogP contribution in [0.3, 0.4) is 0 Å². The zero-order valence-corrected chi connectivity index (χ0v) is 11.7. The average Bonchev–Trinajstić information content (AvgIpc) is 2.76. The molecule has 0 spiro atoms. The van der Waals surface area contributed by atoms with Crippen LogP contribution in [-0.2, 0) is 0 Å². The molecule has 0 amide bonds. The van der Waals surface area contributed by atoms with Crippen LogP contribution in [0.25, 0.3) is 0 Å². The Labute approximate surface area is 104 Å².